The number of hydrogen-bond donors (Lipinski definition) is 3. The molecule has 1 heterocycles. The molecule has 1 aliphatic heterocycles. The molecule has 1 fully saturated rings. The number of morpholine rings is 1. The summed E-state index contributed by atoms with van der Waals surface area (Å²) in [7, 11) is 0. The van der Waals surface area contributed by atoms with Crippen molar-refractivity contribution in [1.29, 1.82) is 0 Å². The zero-order chi connectivity index (χ0) is 15.1. The van der Waals surface area contributed by atoms with Gasteiger partial charge in [0, 0.05) is 25.6 Å². The van der Waals surface area contributed by atoms with Crippen LogP contribution in [0.15, 0.2) is 30.3 Å². The van der Waals surface area contributed by atoms with Crippen molar-refractivity contribution in [3.05, 3.63) is 35.9 Å². The Morgan fingerprint density at radius 2 is 2.14 bits per heavy atom. The summed E-state index contributed by atoms with van der Waals surface area (Å²) in [6.45, 7) is 1.99. The molecule has 1 aliphatic rings. The predicted octanol–water partition coefficient (Wildman–Crippen LogP) is 0.350. The standard InChI is InChI=1S/C15H20N2O4/c18-14(8-12-10-21-7-6-16-12)17-9-13(15(19)20)11-4-2-1-3-5-11/h1-5,12-13,16H,6-10H2,(H,17,18)(H,19,20). The number of carbonyl (C=O) groups excluding carboxylic acids is 1. The van der Waals surface area contributed by atoms with Gasteiger partial charge < -0.3 is 20.5 Å². The number of benzene rings is 1. The van der Waals surface area contributed by atoms with Crippen LogP contribution in [-0.4, -0.2) is 49.3 Å². The van der Waals surface area contributed by atoms with Gasteiger partial charge in [0.15, 0.2) is 0 Å². The molecule has 1 aromatic carbocycles. The van der Waals surface area contributed by atoms with Gasteiger partial charge >= 0.3 is 5.97 Å². The van der Waals surface area contributed by atoms with E-state index in [1.165, 1.54) is 0 Å². The lowest BCUT2D eigenvalue weighted by Gasteiger charge is -2.23. The van der Waals surface area contributed by atoms with Crippen molar-refractivity contribution in [3.63, 3.8) is 0 Å². The Kier molecular flexibility index (Phi) is 5.71. The van der Waals surface area contributed by atoms with E-state index in [1.807, 2.05) is 6.07 Å². The molecular formula is C15H20N2O4. The summed E-state index contributed by atoms with van der Waals surface area (Å²) in [6, 6.07) is 8.91. The summed E-state index contributed by atoms with van der Waals surface area (Å²) in [5, 5.41) is 15.2. The lowest BCUT2D eigenvalue weighted by atomic mass is 9.99. The van der Waals surface area contributed by atoms with Crippen molar-refractivity contribution in [1.82, 2.24) is 10.6 Å². The van der Waals surface area contributed by atoms with Gasteiger partial charge in [-0.1, -0.05) is 30.3 Å². The molecule has 1 aromatic rings. The molecule has 0 radical (unpaired) electrons. The van der Waals surface area contributed by atoms with Crippen molar-refractivity contribution in [3.8, 4) is 0 Å². The number of amides is 1. The summed E-state index contributed by atoms with van der Waals surface area (Å²) >= 11 is 0. The first kappa shape index (κ1) is 15.5. The molecule has 6 heteroatoms. The van der Waals surface area contributed by atoms with Crippen LogP contribution in [0.3, 0.4) is 0 Å². The van der Waals surface area contributed by atoms with Gasteiger partial charge in [0.25, 0.3) is 0 Å². The van der Waals surface area contributed by atoms with Crippen LogP contribution in [0.2, 0.25) is 0 Å². The number of aliphatic carboxylic acids is 1. The zero-order valence-electron chi connectivity index (χ0n) is 11.7. The van der Waals surface area contributed by atoms with Crippen LogP contribution in [-0.2, 0) is 14.3 Å². The van der Waals surface area contributed by atoms with Crippen molar-refractivity contribution in [2.75, 3.05) is 26.3 Å². The normalized spacial score (nSPS) is 19.7. The number of carboxylic acids is 1. The molecule has 114 valence electrons. The van der Waals surface area contributed by atoms with Gasteiger partial charge in [-0.25, -0.2) is 0 Å². The molecule has 6 nitrogen and oxygen atoms in total. The molecule has 0 spiro atoms. The van der Waals surface area contributed by atoms with Crippen LogP contribution < -0.4 is 10.6 Å². The van der Waals surface area contributed by atoms with E-state index < -0.39 is 11.9 Å². The van der Waals surface area contributed by atoms with Crippen molar-refractivity contribution >= 4 is 11.9 Å². The number of rotatable bonds is 6. The lowest BCUT2D eigenvalue weighted by molar-refractivity contribution is -0.138. The van der Waals surface area contributed by atoms with E-state index in [0.29, 0.717) is 25.2 Å². The van der Waals surface area contributed by atoms with Crippen LogP contribution in [0.1, 0.15) is 17.9 Å². The van der Waals surface area contributed by atoms with E-state index in [2.05, 4.69) is 10.6 Å². The molecule has 2 atom stereocenters. The molecule has 2 rings (SSSR count). The number of carboxylic acid groups (broad SMARTS) is 1. The Morgan fingerprint density at radius 1 is 1.38 bits per heavy atom. The fraction of sp³-hybridized carbons (Fsp3) is 0.467. The maximum absolute atomic E-state index is 11.9. The summed E-state index contributed by atoms with van der Waals surface area (Å²) < 4.78 is 5.28. The van der Waals surface area contributed by atoms with Gasteiger partial charge in [0.1, 0.15) is 0 Å². The Hall–Kier alpha value is -1.92. The second kappa shape index (κ2) is 7.75. The van der Waals surface area contributed by atoms with Gasteiger partial charge in [-0.05, 0) is 5.56 Å². The fourth-order valence-electron chi connectivity index (χ4n) is 2.30. The first-order chi connectivity index (χ1) is 10.2. The summed E-state index contributed by atoms with van der Waals surface area (Å²) in [4.78, 5) is 23.2. The Morgan fingerprint density at radius 3 is 2.76 bits per heavy atom. The number of nitrogens with one attached hydrogen (secondary N) is 2. The zero-order valence-corrected chi connectivity index (χ0v) is 11.7. The average molecular weight is 292 g/mol. The van der Waals surface area contributed by atoms with Gasteiger partial charge in [-0.2, -0.15) is 0 Å². The number of ether oxygens (including phenoxy) is 1. The maximum atomic E-state index is 11.9. The minimum absolute atomic E-state index is 0.00115. The molecule has 2 unspecified atom stereocenters. The quantitative estimate of drug-likeness (QED) is 0.704. The molecule has 0 saturated carbocycles. The van der Waals surface area contributed by atoms with Crippen molar-refractivity contribution in [2.45, 2.75) is 18.4 Å². The van der Waals surface area contributed by atoms with Crippen molar-refractivity contribution in [2.24, 2.45) is 0 Å². The van der Waals surface area contributed by atoms with Gasteiger partial charge in [0.2, 0.25) is 5.91 Å². The lowest BCUT2D eigenvalue weighted by Crippen LogP contribution is -2.44. The van der Waals surface area contributed by atoms with E-state index >= 15 is 0 Å². The fourth-order valence-corrected chi connectivity index (χ4v) is 2.30. The van der Waals surface area contributed by atoms with Crippen molar-refractivity contribution < 1.29 is 19.4 Å². The summed E-state index contributed by atoms with van der Waals surface area (Å²) in [6.07, 6.45) is 0.293. The summed E-state index contributed by atoms with van der Waals surface area (Å²) in [5.41, 5.74) is 0.685. The highest BCUT2D eigenvalue weighted by molar-refractivity contribution is 5.80. The van der Waals surface area contributed by atoms with Gasteiger partial charge in [0.05, 0.1) is 19.1 Å². The third-order valence-electron chi connectivity index (χ3n) is 3.43. The number of hydrogen-bond acceptors (Lipinski definition) is 4. The second-order valence-corrected chi connectivity index (χ2v) is 5.04. The molecule has 1 amide bonds. The highest BCUT2D eigenvalue weighted by atomic mass is 16.5. The second-order valence-electron chi connectivity index (χ2n) is 5.04. The minimum Gasteiger partial charge on any atom is -0.481 e. The van der Waals surface area contributed by atoms with E-state index in [4.69, 9.17) is 4.74 Å². The maximum Gasteiger partial charge on any atom is 0.312 e. The molecule has 21 heavy (non-hydrogen) atoms. The third-order valence-corrected chi connectivity index (χ3v) is 3.43. The SMILES string of the molecule is O=C(CC1COCCN1)NCC(C(=O)O)c1ccccc1. The molecule has 3 N–H and O–H groups in total. The van der Waals surface area contributed by atoms with E-state index in [-0.39, 0.29) is 18.5 Å². The molecular weight excluding hydrogens is 272 g/mol. The monoisotopic (exact) mass is 292 g/mol. The largest absolute Gasteiger partial charge is 0.481 e. The highest BCUT2D eigenvalue weighted by Gasteiger charge is 2.22. The average Bonchev–Trinajstić information content (AvgIpc) is 2.49. The first-order valence-corrected chi connectivity index (χ1v) is 7.02. The first-order valence-electron chi connectivity index (χ1n) is 7.02. The van der Waals surface area contributed by atoms with E-state index in [0.717, 1.165) is 6.54 Å². The van der Waals surface area contributed by atoms with Crippen LogP contribution >= 0.6 is 0 Å². The third kappa shape index (κ3) is 4.84. The molecule has 0 bridgehead atoms. The minimum atomic E-state index is -0.944. The molecule has 1 saturated heterocycles. The highest BCUT2D eigenvalue weighted by Crippen LogP contribution is 2.14. The topological polar surface area (TPSA) is 87.7 Å². The predicted molar refractivity (Wildman–Crippen MR) is 77.1 cm³/mol. The number of carbonyl (C=O) groups is 2. The van der Waals surface area contributed by atoms with E-state index in [1.54, 1.807) is 24.3 Å². The Labute approximate surface area is 123 Å². The van der Waals surface area contributed by atoms with Crippen LogP contribution in [0.5, 0.6) is 0 Å². The Bertz CT molecular complexity index is 472. The molecule has 0 aliphatic carbocycles. The van der Waals surface area contributed by atoms with Gasteiger partial charge in [-0.3, -0.25) is 9.59 Å². The smallest absolute Gasteiger partial charge is 0.312 e. The van der Waals surface area contributed by atoms with Crippen LogP contribution in [0.25, 0.3) is 0 Å². The van der Waals surface area contributed by atoms with Crippen LogP contribution in [0.4, 0.5) is 0 Å². The van der Waals surface area contributed by atoms with Crippen LogP contribution in [0, 0.1) is 0 Å². The van der Waals surface area contributed by atoms with E-state index in [9.17, 15) is 14.7 Å². The Balaban J connectivity index is 1.84. The molecule has 0 aromatic heterocycles. The summed E-state index contributed by atoms with van der Waals surface area (Å²) in [5.74, 6) is -1.84. The van der Waals surface area contributed by atoms with Gasteiger partial charge in [-0.15, -0.1) is 0 Å².